The maximum absolute atomic E-state index is 14.3. The molecule has 0 radical (unpaired) electrons. The molecule has 30 heteroatoms. The second-order valence-electron chi connectivity index (χ2n) is 23.2. The lowest BCUT2D eigenvalue weighted by atomic mass is 9.72. The SMILES string of the molecule is COc1cccc2c1C(=O)c1c(O)c3c(c(O)c1C2=O)CC(O)(C(=O)NCC(=O)NCCOCCOCCOCCOCCC(=O)NC(CS(=O)(=O)O)C(=O)NCCC(=O)N1Cc2ccccc2C#Cc2ccccc21)CC3OC1CC2C(OC3C(OC)OCCN23)C(C)O1. The zero-order valence-corrected chi connectivity index (χ0v) is 53.3. The van der Waals surface area contributed by atoms with Crippen LogP contribution in [-0.4, -0.2) is 229 Å². The van der Waals surface area contributed by atoms with E-state index in [1.807, 2.05) is 30.3 Å². The normalized spacial score (nSPS) is 22.9. The first kappa shape index (κ1) is 69.8. The molecule has 4 aromatic rings. The molecule has 9 unspecified atom stereocenters. The van der Waals surface area contributed by atoms with Gasteiger partial charge in [-0.3, -0.25) is 43.0 Å². The Bertz CT molecular complexity index is 3730. The fourth-order valence-corrected chi connectivity index (χ4v) is 13.2. The predicted molar refractivity (Wildman–Crippen MR) is 332 cm³/mol. The van der Waals surface area contributed by atoms with E-state index in [-0.39, 0.29) is 132 Å². The number of anilines is 1. The molecule has 95 heavy (non-hydrogen) atoms. The van der Waals surface area contributed by atoms with E-state index in [1.54, 1.807) is 30.0 Å². The van der Waals surface area contributed by atoms with Crippen LogP contribution in [0.25, 0.3) is 0 Å². The molecule has 3 fully saturated rings. The highest BCUT2D eigenvalue weighted by molar-refractivity contribution is 7.85. The maximum Gasteiger partial charge on any atom is 0.267 e. The molecular weight excluding hydrogens is 1260 g/mol. The lowest BCUT2D eigenvalue weighted by molar-refractivity contribution is -0.256. The molecule has 0 aromatic heterocycles. The molecule has 2 aliphatic carbocycles. The van der Waals surface area contributed by atoms with Crippen LogP contribution >= 0.6 is 0 Å². The summed E-state index contributed by atoms with van der Waals surface area (Å²) in [5.41, 5.74) is -1.20. The van der Waals surface area contributed by atoms with Gasteiger partial charge in [0.1, 0.15) is 40.7 Å². The number of ketones is 2. The van der Waals surface area contributed by atoms with Crippen molar-refractivity contribution in [1.82, 2.24) is 26.2 Å². The number of nitrogens with zero attached hydrogens (tertiary/aromatic N) is 2. The number of nitrogens with one attached hydrogen (secondary N) is 4. The zero-order chi connectivity index (χ0) is 67.6. The predicted octanol–water partition coefficient (Wildman–Crippen LogP) is 0.664. The molecule has 0 bridgehead atoms. The summed E-state index contributed by atoms with van der Waals surface area (Å²) in [5, 5.41) is 46.3. The van der Waals surface area contributed by atoms with E-state index in [9.17, 15) is 61.9 Å². The summed E-state index contributed by atoms with van der Waals surface area (Å²) in [6.07, 6.45) is -6.12. The van der Waals surface area contributed by atoms with Crippen LogP contribution in [-0.2, 0) is 89.7 Å². The Balaban J connectivity index is 0.617. The highest BCUT2D eigenvalue weighted by Crippen LogP contribution is 2.53. The van der Waals surface area contributed by atoms with E-state index in [1.165, 1.54) is 32.4 Å². The van der Waals surface area contributed by atoms with Gasteiger partial charge in [-0.25, -0.2) is 0 Å². The second kappa shape index (κ2) is 31.3. The fraction of sp³-hybridized carbons (Fsp3) is 0.492. The van der Waals surface area contributed by atoms with Gasteiger partial charge in [-0.1, -0.05) is 54.3 Å². The number of aromatic hydroxyl groups is 2. The van der Waals surface area contributed by atoms with Gasteiger partial charge in [-0.15, -0.1) is 0 Å². The van der Waals surface area contributed by atoms with Crippen molar-refractivity contribution in [2.75, 3.05) is 111 Å². The average Bonchev–Trinajstić information content (AvgIpc) is 1.32. The number of amides is 5. The van der Waals surface area contributed by atoms with Gasteiger partial charge in [0.05, 0.1) is 114 Å². The van der Waals surface area contributed by atoms with E-state index in [0.29, 0.717) is 24.4 Å². The first-order valence-corrected chi connectivity index (χ1v) is 32.6. The number of phenols is 2. The molecule has 0 spiro atoms. The molecule has 4 aliphatic heterocycles. The van der Waals surface area contributed by atoms with Crippen LogP contribution < -0.4 is 30.9 Å². The van der Waals surface area contributed by atoms with Crippen molar-refractivity contribution in [3.8, 4) is 29.1 Å². The summed E-state index contributed by atoms with van der Waals surface area (Å²) >= 11 is 0. The largest absolute Gasteiger partial charge is 0.507 e. The minimum atomic E-state index is -4.72. The van der Waals surface area contributed by atoms with Gasteiger partial charge in [0, 0.05) is 92.7 Å². The van der Waals surface area contributed by atoms with Crippen LogP contribution in [0.4, 0.5) is 5.69 Å². The van der Waals surface area contributed by atoms with Gasteiger partial charge in [0.2, 0.25) is 29.4 Å². The number of phenolic OH excluding ortho intramolecular Hbond substituents is 2. The lowest BCUT2D eigenvalue weighted by Crippen LogP contribution is -2.55. The number of aliphatic hydroxyl groups is 1. The van der Waals surface area contributed by atoms with Crippen LogP contribution in [0.3, 0.4) is 0 Å². The number of rotatable bonds is 29. The number of methoxy groups -OCH3 is 2. The van der Waals surface area contributed by atoms with Crippen molar-refractivity contribution in [2.45, 2.75) is 100 Å². The van der Waals surface area contributed by atoms with E-state index < -0.39 is 142 Å². The summed E-state index contributed by atoms with van der Waals surface area (Å²) in [7, 11) is -1.89. The van der Waals surface area contributed by atoms with Gasteiger partial charge >= 0.3 is 0 Å². The van der Waals surface area contributed by atoms with Gasteiger partial charge in [0.25, 0.3) is 16.0 Å². The topological polar surface area (TPSA) is 381 Å². The number of morpholine rings is 1. The quantitative estimate of drug-likeness (QED) is 0.0141. The number of carbonyl (C=O) groups is 7. The molecule has 4 aromatic carbocycles. The molecule has 6 aliphatic rings. The van der Waals surface area contributed by atoms with Crippen LogP contribution in [0.2, 0.25) is 0 Å². The third kappa shape index (κ3) is 16.3. The van der Waals surface area contributed by atoms with E-state index in [2.05, 4.69) is 38.0 Å². The Morgan fingerprint density at radius 3 is 2.18 bits per heavy atom. The Hall–Kier alpha value is -8.00. The van der Waals surface area contributed by atoms with E-state index >= 15 is 0 Å². The number of para-hydroxylation sites is 1. The lowest BCUT2D eigenvalue weighted by Gasteiger charge is -2.43. The molecule has 5 amide bonds. The zero-order valence-electron chi connectivity index (χ0n) is 52.5. The number of ether oxygens (including phenoxy) is 10. The van der Waals surface area contributed by atoms with Crippen molar-refractivity contribution in [1.29, 1.82) is 0 Å². The van der Waals surface area contributed by atoms with E-state index in [4.69, 9.17) is 47.4 Å². The summed E-state index contributed by atoms with van der Waals surface area (Å²) < 4.78 is 91.1. The van der Waals surface area contributed by atoms with Crippen molar-refractivity contribution < 1.29 is 109 Å². The number of carbonyl (C=O) groups excluding carboxylic acids is 7. The third-order valence-corrected chi connectivity index (χ3v) is 17.8. The van der Waals surface area contributed by atoms with Crippen LogP contribution in [0.1, 0.15) is 98.4 Å². The average molecular weight is 1340 g/mol. The van der Waals surface area contributed by atoms with Crippen LogP contribution in [0.5, 0.6) is 17.2 Å². The highest BCUT2D eigenvalue weighted by Gasteiger charge is 2.55. The van der Waals surface area contributed by atoms with Crippen molar-refractivity contribution >= 4 is 56.9 Å². The third-order valence-electron chi connectivity index (χ3n) is 17.0. The molecule has 0 saturated carbocycles. The Labute approximate surface area is 547 Å². The first-order chi connectivity index (χ1) is 45.7. The number of benzene rings is 4. The second-order valence-corrected chi connectivity index (χ2v) is 24.7. The van der Waals surface area contributed by atoms with Crippen molar-refractivity contribution in [2.24, 2.45) is 0 Å². The van der Waals surface area contributed by atoms with Gasteiger partial charge in [-0.05, 0) is 36.8 Å². The molecule has 10 rings (SSSR count). The molecule has 8 N–H and O–H groups in total. The number of hydrogen-bond donors (Lipinski definition) is 8. The Morgan fingerprint density at radius 1 is 0.768 bits per heavy atom. The summed E-state index contributed by atoms with van der Waals surface area (Å²) in [6.45, 7) is 2.98. The Morgan fingerprint density at radius 2 is 1.45 bits per heavy atom. The molecule has 4 heterocycles. The summed E-state index contributed by atoms with van der Waals surface area (Å²) in [5.74, 6) is -1.52. The first-order valence-electron chi connectivity index (χ1n) is 31.0. The standard InChI is InChI=1S/C65H76N6O23S/c1-37-60-45(70-21-24-91-63(86-3)62(70)94-60)31-51(92-37)93-47-33-65(81,32-42-53(47)59(78)55-54(57(42)76)56(75)41-12-8-14-46(85-2)52(41)58(55)77)64(80)68-34-49(73)66-20-23-88-26-28-90-30-29-89-27-25-87-22-18-48(72)69-43(36-95(82,83)84)61(79)67-19-17-50(74)71-35-40-11-5-4-9-38(40)15-16-39-10-6-7-13-44(39)71/h4-14,37,43,45,47,51,60,62-63,76,78,81H,17-36H2,1-3H3,(H,66,73)(H,67,79)(H,68,80)(H,69,72)(H,82,83,84). The summed E-state index contributed by atoms with van der Waals surface area (Å²) in [4.78, 5) is 98.5. The Kier molecular flexibility index (Phi) is 23.0. The minimum absolute atomic E-state index is 0.0318. The van der Waals surface area contributed by atoms with Crippen molar-refractivity contribution in [3.63, 3.8) is 0 Å². The summed E-state index contributed by atoms with van der Waals surface area (Å²) in [6, 6.07) is 17.0. The maximum atomic E-state index is 14.3. The molecule has 510 valence electrons. The monoisotopic (exact) mass is 1340 g/mol. The number of hydrogen-bond acceptors (Lipinski definition) is 23. The highest BCUT2D eigenvalue weighted by atomic mass is 32.2. The van der Waals surface area contributed by atoms with Gasteiger partial charge in [0.15, 0.2) is 24.6 Å². The van der Waals surface area contributed by atoms with Gasteiger partial charge in [-0.2, -0.15) is 8.42 Å². The fourth-order valence-electron chi connectivity index (χ4n) is 12.5. The molecule has 3 saturated heterocycles. The smallest absolute Gasteiger partial charge is 0.267 e. The molecule has 9 atom stereocenters. The molecule has 29 nitrogen and oxygen atoms in total. The number of fused-ring (bicyclic) bond motifs is 8. The molecular formula is C65H76N6O23S. The minimum Gasteiger partial charge on any atom is -0.507 e. The van der Waals surface area contributed by atoms with E-state index in [0.717, 1.165) is 11.1 Å². The van der Waals surface area contributed by atoms with Crippen LogP contribution in [0, 0.1) is 11.8 Å². The van der Waals surface area contributed by atoms with Crippen LogP contribution in [0.15, 0.2) is 66.7 Å². The van der Waals surface area contributed by atoms with Gasteiger partial charge < -0.3 is 88.9 Å². The van der Waals surface area contributed by atoms with Crippen molar-refractivity contribution in [3.05, 3.63) is 117 Å².